The number of carbonyl (C=O) groups excluding carboxylic acids is 1. The smallest absolute Gasteiger partial charge is 0.238 e. The number of hydrogen-bond acceptors (Lipinski definition) is 7. The van der Waals surface area contributed by atoms with Gasteiger partial charge in [0.25, 0.3) is 0 Å². The van der Waals surface area contributed by atoms with Crippen molar-refractivity contribution in [3.8, 4) is 0 Å². The molecule has 4 heterocycles. The molecule has 0 unspecified atom stereocenters. The van der Waals surface area contributed by atoms with E-state index < -0.39 is 11.6 Å². The minimum Gasteiger partial charge on any atom is -0.344 e. The van der Waals surface area contributed by atoms with E-state index >= 15 is 0 Å². The van der Waals surface area contributed by atoms with E-state index in [1.165, 1.54) is 0 Å². The van der Waals surface area contributed by atoms with Crippen LogP contribution in [0.1, 0.15) is 24.5 Å². The van der Waals surface area contributed by atoms with Crippen molar-refractivity contribution in [1.29, 1.82) is 0 Å². The minimum absolute atomic E-state index is 0.196. The maximum absolute atomic E-state index is 13.1. The summed E-state index contributed by atoms with van der Waals surface area (Å²) in [6.45, 7) is 3.66. The Labute approximate surface area is 169 Å². The normalized spacial score (nSPS) is 22.9. The van der Waals surface area contributed by atoms with Crippen molar-refractivity contribution >= 4 is 17.1 Å². The lowest BCUT2D eigenvalue weighted by Crippen LogP contribution is -2.60. The summed E-state index contributed by atoms with van der Waals surface area (Å²) in [5.41, 5.74) is 8.73. The molecule has 0 saturated carbocycles. The van der Waals surface area contributed by atoms with Crippen LogP contribution in [0.2, 0.25) is 0 Å². The van der Waals surface area contributed by atoms with E-state index in [1.54, 1.807) is 31.0 Å². The van der Waals surface area contributed by atoms with Gasteiger partial charge in [-0.1, -0.05) is 13.0 Å². The fourth-order valence-electron chi connectivity index (χ4n) is 4.10. The van der Waals surface area contributed by atoms with Gasteiger partial charge < -0.3 is 16.4 Å². The van der Waals surface area contributed by atoms with E-state index in [4.69, 9.17) is 5.73 Å². The molecule has 1 aliphatic rings. The van der Waals surface area contributed by atoms with Gasteiger partial charge in [0, 0.05) is 43.1 Å². The van der Waals surface area contributed by atoms with Gasteiger partial charge in [-0.2, -0.15) is 0 Å². The highest BCUT2D eigenvalue weighted by Gasteiger charge is 2.40. The number of nitrogens with two attached hydrogens (primary N) is 1. The molecular formula is C21H25N7O. The molecule has 0 bridgehead atoms. The quantitative estimate of drug-likeness (QED) is 0.592. The molecule has 3 aromatic heterocycles. The van der Waals surface area contributed by atoms with E-state index in [9.17, 15) is 4.79 Å². The van der Waals surface area contributed by atoms with Crippen LogP contribution in [0, 0.1) is 5.92 Å². The van der Waals surface area contributed by atoms with Crippen LogP contribution >= 0.6 is 0 Å². The van der Waals surface area contributed by atoms with E-state index in [2.05, 4.69) is 37.5 Å². The molecule has 0 aliphatic carbocycles. The Bertz CT molecular complexity index is 991. The maximum atomic E-state index is 13.1. The summed E-state index contributed by atoms with van der Waals surface area (Å²) in [4.78, 5) is 30.3. The second-order valence-corrected chi connectivity index (χ2v) is 7.77. The first-order chi connectivity index (χ1) is 14.1. The third-order valence-corrected chi connectivity index (χ3v) is 5.38. The van der Waals surface area contributed by atoms with Crippen molar-refractivity contribution in [3.63, 3.8) is 0 Å². The average molecular weight is 391 g/mol. The van der Waals surface area contributed by atoms with Crippen molar-refractivity contribution in [2.45, 2.75) is 31.3 Å². The Morgan fingerprint density at radius 1 is 1.28 bits per heavy atom. The van der Waals surface area contributed by atoms with Crippen molar-refractivity contribution < 1.29 is 4.79 Å². The van der Waals surface area contributed by atoms with Crippen LogP contribution in [0.25, 0.3) is 11.2 Å². The summed E-state index contributed by atoms with van der Waals surface area (Å²) >= 11 is 0. The Morgan fingerprint density at radius 3 is 2.90 bits per heavy atom. The molecule has 1 amide bonds. The zero-order valence-corrected chi connectivity index (χ0v) is 16.4. The first kappa shape index (κ1) is 19.4. The van der Waals surface area contributed by atoms with Gasteiger partial charge in [0.2, 0.25) is 5.91 Å². The van der Waals surface area contributed by atoms with Crippen LogP contribution in [0.4, 0.5) is 0 Å². The van der Waals surface area contributed by atoms with E-state index in [-0.39, 0.29) is 5.91 Å². The van der Waals surface area contributed by atoms with Gasteiger partial charge in [0.15, 0.2) is 5.65 Å². The average Bonchev–Trinajstić information content (AvgIpc) is 2.74. The van der Waals surface area contributed by atoms with Crippen molar-refractivity contribution in [1.82, 2.24) is 30.6 Å². The molecular weight excluding hydrogens is 366 g/mol. The van der Waals surface area contributed by atoms with Gasteiger partial charge in [-0.05, 0) is 43.0 Å². The van der Waals surface area contributed by atoms with E-state index in [0.717, 1.165) is 24.1 Å². The monoisotopic (exact) mass is 391 g/mol. The number of fused-ring (bicyclic) bond motifs is 1. The number of nitrogens with zero attached hydrogens (tertiary/aromatic N) is 4. The van der Waals surface area contributed by atoms with Gasteiger partial charge in [0.1, 0.15) is 5.52 Å². The lowest BCUT2D eigenvalue weighted by Gasteiger charge is -2.42. The summed E-state index contributed by atoms with van der Waals surface area (Å²) in [6.07, 6.45) is 9.63. The summed E-state index contributed by atoms with van der Waals surface area (Å²) in [5.74, 6) is 0.178. The highest BCUT2D eigenvalue weighted by molar-refractivity contribution is 5.84. The fraction of sp³-hybridized carbons (Fsp3) is 0.381. The summed E-state index contributed by atoms with van der Waals surface area (Å²) in [7, 11) is 0. The van der Waals surface area contributed by atoms with E-state index in [1.807, 2.05) is 18.2 Å². The van der Waals surface area contributed by atoms with Gasteiger partial charge in [-0.3, -0.25) is 14.8 Å². The highest BCUT2D eigenvalue weighted by atomic mass is 16.2. The lowest BCUT2D eigenvalue weighted by atomic mass is 9.78. The zero-order chi connectivity index (χ0) is 20.3. The Kier molecular flexibility index (Phi) is 5.46. The second kappa shape index (κ2) is 8.18. The van der Waals surface area contributed by atoms with Gasteiger partial charge in [-0.15, -0.1) is 0 Å². The van der Waals surface area contributed by atoms with Crippen LogP contribution in [0.5, 0.6) is 0 Å². The van der Waals surface area contributed by atoms with Crippen LogP contribution in [0.3, 0.4) is 0 Å². The number of pyridine rings is 2. The van der Waals surface area contributed by atoms with Gasteiger partial charge in [0.05, 0.1) is 11.6 Å². The third-order valence-electron chi connectivity index (χ3n) is 5.38. The third kappa shape index (κ3) is 4.08. The van der Waals surface area contributed by atoms with Crippen molar-refractivity contribution in [2.75, 3.05) is 13.1 Å². The number of aromatic nitrogens is 4. The molecule has 4 rings (SSSR count). The van der Waals surface area contributed by atoms with Crippen LogP contribution < -0.4 is 16.4 Å². The summed E-state index contributed by atoms with van der Waals surface area (Å²) < 4.78 is 0. The molecule has 3 atom stereocenters. The maximum Gasteiger partial charge on any atom is 0.238 e. The minimum atomic E-state index is -0.674. The summed E-state index contributed by atoms with van der Waals surface area (Å²) in [6, 6.07) is 5.01. The van der Waals surface area contributed by atoms with Crippen molar-refractivity contribution in [2.24, 2.45) is 11.7 Å². The SMILES string of the molecule is C[C@@H]1CNC[C@](NC(=O)[C@@H](N)Cc2cccnc2)(c2ccnc3nccnc23)C1. The molecule has 8 heteroatoms. The number of rotatable bonds is 5. The standard InChI is InChI=1S/C21H25N7O/c1-14-10-21(13-24-11-14,16-4-6-26-19-18(16)25-7-8-27-19)28-20(29)17(22)9-15-3-2-5-23-12-15/h2-8,12,14,17,24H,9-11,13,22H2,1H3,(H,28,29)/t14-,17-,21-/m0/s1. The molecule has 0 radical (unpaired) electrons. The molecule has 150 valence electrons. The molecule has 3 aromatic rings. The molecule has 0 spiro atoms. The fourth-order valence-corrected chi connectivity index (χ4v) is 4.10. The second-order valence-electron chi connectivity index (χ2n) is 7.77. The molecule has 29 heavy (non-hydrogen) atoms. The Hall–Kier alpha value is -2.97. The topological polar surface area (TPSA) is 119 Å². The summed E-state index contributed by atoms with van der Waals surface area (Å²) in [5, 5.41) is 6.70. The van der Waals surface area contributed by atoms with Crippen LogP contribution in [0.15, 0.2) is 49.2 Å². The Morgan fingerprint density at radius 2 is 2.10 bits per heavy atom. The number of carbonyl (C=O) groups is 1. The first-order valence-corrected chi connectivity index (χ1v) is 9.81. The van der Waals surface area contributed by atoms with E-state index in [0.29, 0.717) is 30.0 Å². The van der Waals surface area contributed by atoms with Crippen molar-refractivity contribution in [3.05, 3.63) is 60.3 Å². The van der Waals surface area contributed by atoms with Gasteiger partial charge >= 0.3 is 0 Å². The number of piperidine rings is 1. The molecule has 1 aliphatic heterocycles. The predicted molar refractivity (Wildman–Crippen MR) is 110 cm³/mol. The van der Waals surface area contributed by atoms with Gasteiger partial charge in [-0.25, -0.2) is 9.97 Å². The van der Waals surface area contributed by atoms with Crippen LogP contribution in [-0.4, -0.2) is 45.0 Å². The largest absolute Gasteiger partial charge is 0.344 e. The molecule has 4 N–H and O–H groups in total. The molecule has 1 fully saturated rings. The number of amides is 1. The highest BCUT2D eigenvalue weighted by Crippen LogP contribution is 2.34. The lowest BCUT2D eigenvalue weighted by molar-refractivity contribution is -0.124. The first-order valence-electron chi connectivity index (χ1n) is 9.81. The Balaban J connectivity index is 1.66. The molecule has 1 saturated heterocycles. The number of hydrogen-bond donors (Lipinski definition) is 3. The predicted octanol–water partition coefficient (Wildman–Crippen LogP) is 0.931. The zero-order valence-electron chi connectivity index (χ0n) is 16.4. The van der Waals surface area contributed by atoms with Crippen LogP contribution in [-0.2, 0) is 16.8 Å². The molecule has 0 aromatic carbocycles. The number of nitrogens with one attached hydrogen (secondary N) is 2. The molecule has 8 nitrogen and oxygen atoms in total.